The fourth-order valence-corrected chi connectivity index (χ4v) is 15.1. The van der Waals surface area contributed by atoms with Crippen LogP contribution in [0.3, 0.4) is 0 Å². The lowest BCUT2D eigenvalue weighted by Crippen LogP contribution is -2.40. The first kappa shape index (κ1) is 83.2. The van der Waals surface area contributed by atoms with Gasteiger partial charge in [0.15, 0.2) is 49.9 Å². The van der Waals surface area contributed by atoms with Gasteiger partial charge in [0.05, 0.1) is 36.6 Å². The Morgan fingerprint density at radius 2 is 0.493 bits per heavy atom. The van der Waals surface area contributed by atoms with Crippen LogP contribution in [-0.2, 0) is 26.6 Å². The zero-order chi connectivity index (χ0) is 59.2. The van der Waals surface area contributed by atoms with Gasteiger partial charge in [0.2, 0.25) is 0 Å². The number of hydrogen-bond acceptors (Lipinski definition) is 12. The molecule has 0 bridgehead atoms. The van der Waals surface area contributed by atoms with Gasteiger partial charge in [0, 0.05) is 36.6 Å². The van der Waals surface area contributed by atoms with Gasteiger partial charge < -0.3 is 57.2 Å². The molecule has 6 N–H and O–H groups in total. The van der Waals surface area contributed by atoms with Crippen LogP contribution in [0, 0.1) is 0 Å². The van der Waals surface area contributed by atoms with E-state index in [0.717, 1.165) is 38.5 Å². The second-order valence-electron chi connectivity index (χ2n) is 27.4. The highest BCUT2D eigenvalue weighted by Gasteiger charge is 2.31. The van der Waals surface area contributed by atoms with Gasteiger partial charge in [0.25, 0.3) is 0 Å². The van der Waals surface area contributed by atoms with Gasteiger partial charge in [-0.1, -0.05) is 47.3 Å². The number of aliphatic hydroxyl groups is 6. The Balaban J connectivity index is -0.000000286. The minimum Gasteiger partial charge on any atom is -0.415 e. The monoisotopic (exact) mass is 1190 g/mol. The first-order valence-corrected chi connectivity index (χ1v) is 53.1. The Morgan fingerprint density at radius 3 is 0.658 bits per heavy atom. The molecule has 0 aliphatic rings. The molecular weight excluding hydrogens is 1060 g/mol. The van der Waals surface area contributed by atoms with Crippen LogP contribution in [0.4, 0.5) is 0 Å². The molecule has 12 nitrogen and oxygen atoms in total. The summed E-state index contributed by atoms with van der Waals surface area (Å²) in [6.45, 7) is 62.8. The number of aliphatic hydroxyl groups excluding tert-OH is 6. The molecule has 20 heteroatoms. The normalized spacial score (nSPS) is 17.9. The van der Waals surface area contributed by atoms with Gasteiger partial charge in [-0.05, 0) is 223 Å². The van der Waals surface area contributed by atoms with E-state index in [4.69, 9.17) is 58.1 Å². The van der Waals surface area contributed by atoms with Crippen LogP contribution in [0.25, 0.3) is 0 Å². The summed E-state index contributed by atoms with van der Waals surface area (Å²) in [6, 6.07) is 0. The van der Waals surface area contributed by atoms with Crippen LogP contribution < -0.4 is 0 Å². The van der Waals surface area contributed by atoms with E-state index in [2.05, 4.69) is 165 Å². The molecule has 0 aromatic heterocycles. The molecule has 0 spiro atoms. The topological polar surface area (TPSA) is 177 Å². The van der Waals surface area contributed by atoms with Crippen LogP contribution in [0.2, 0.25) is 137 Å². The lowest BCUT2D eigenvalue weighted by Gasteiger charge is -2.34. The van der Waals surface area contributed by atoms with Crippen molar-refractivity contribution in [2.45, 2.75) is 343 Å². The lowest BCUT2D eigenvalue weighted by atomic mass is 10.0. The summed E-state index contributed by atoms with van der Waals surface area (Å²) in [4.78, 5) is 0. The zero-order valence-corrected chi connectivity index (χ0v) is 61.2. The molecule has 12 atom stereocenters. The molecule has 0 radical (unpaired) electrons. The fourth-order valence-electron chi connectivity index (χ4n) is 7.55. The van der Waals surface area contributed by atoms with E-state index < -0.39 is 93.9 Å². The minimum absolute atomic E-state index is 0.245. The number of halogens is 1. The molecule has 0 saturated carbocycles. The maximum Gasteiger partial charge on any atom is 0.184 e. The van der Waals surface area contributed by atoms with Crippen molar-refractivity contribution in [2.24, 2.45) is 0 Å². The van der Waals surface area contributed by atoms with Gasteiger partial charge in [-0.25, -0.2) is 0 Å². The summed E-state index contributed by atoms with van der Waals surface area (Å²) in [5.41, 5.74) is 0. The van der Waals surface area contributed by atoms with Crippen molar-refractivity contribution >= 4 is 68.4 Å². The van der Waals surface area contributed by atoms with Gasteiger partial charge in [0.1, 0.15) is 7.38 Å². The van der Waals surface area contributed by atoms with Crippen molar-refractivity contribution in [2.75, 3.05) is 0 Å². The predicted octanol–water partition coefficient (Wildman–Crippen LogP) is 14.3. The van der Waals surface area contributed by atoms with Crippen molar-refractivity contribution in [1.82, 2.24) is 0 Å². The van der Waals surface area contributed by atoms with Crippen molar-refractivity contribution in [3.8, 4) is 0 Å². The summed E-state index contributed by atoms with van der Waals surface area (Å²) < 4.78 is 38.2. The van der Waals surface area contributed by atoms with E-state index in [1.165, 1.54) is 0 Å². The third kappa shape index (κ3) is 73.3. The van der Waals surface area contributed by atoms with Crippen LogP contribution >= 0.6 is 11.1 Å². The smallest absolute Gasteiger partial charge is 0.184 e. The van der Waals surface area contributed by atoms with Crippen LogP contribution in [0.5, 0.6) is 0 Å². The SMILES string of the molecule is CCC(CC(CC(C)O[Si](C)(C)C)O[Si](C)(C)C)O[Si](C)(C)C.CCC(CC(CC(C)O[Si](C)(C)C)O[Si](C)(C)C)O[Si](C)(C)C.CCC(O)CC(O)CC(C)O.CCC(O)CC(O)CC(C)O.C[Si](C)(C)Cl. The molecular formula is C53H129ClO12Si7. The van der Waals surface area contributed by atoms with E-state index in [9.17, 15) is 10.2 Å². The molecule has 0 fully saturated rings. The molecule has 0 amide bonds. The van der Waals surface area contributed by atoms with E-state index >= 15 is 0 Å². The molecule has 0 aromatic rings. The molecule has 0 heterocycles. The number of rotatable bonds is 32. The number of hydrogen-bond donors (Lipinski definition) is 6. The Bertz CT molecular complexity index is 1180. The zero-order valence-electron chi connectivity index (χ0n) is 53.4. The predicted molar refractivity (Wildman–Crippen MR) is 335 cm³/mol. The average molecular weight is 1190 g/mol. The highest BCUT2D eigenvalue weighted by molar-refractivity contribution is 7.18. The van der Waals surface area contributed by atoms with E-state index in [-0.39, 0.29) is 24.4 Å². The van der Waals surface area contributed by atoms with Gasteiger partial charge in [-0.3, -0.25) is 0 Å². The highest BCUT2D eigenvalue weighted by Crippen LogP contribution is 2.25. The summed E-state index contributed by atoms with van der Waals surface area (Å²) in [6.07, 6.45) is 7.34. The largest absolute Gasteiger partial charge is 0.415 e. The average Bonchev–Trinajstić information content (AvgIpc) is 3.09. The van der Waals surface area contributed by atoms with Crippen LogP contribution in [0.1, 0.15) is 132 Å². The van der Waals surface area contributed by atoms with Crippen molar-refractivity contribution in [3.63, 3.8) is 0 Å². The molecule has 0 saturated heterocycles. The summed E-state index contributed by atoms with van der Waals surface area (Å²) in [7, 11) is -10.3. The molecule has 448 valence electrons. The second-order valence-corrected chi connectivity index (χ2v) is 61.7. The standard InChI is InChI=1S/2C17H42O3Si3.2C8H18O3.C3H9ClSi/c2*1-12-16(19-22(6,7)8)14-17(20-23(9,10)11)13-15(2)18-21(3,4)5;2*1-3-7(10)5-8(11)4-6(2)9;1-5(2,3)4/h2*15-17H,12-14H2,1-11H3;2*6-11H,3-5H2,1-2H3;1-3H3. The molecule has 73 heavy (non-hydrogen) atoms. The highest BCUT2D eigenvalue weighted by atomic mass is 35.6. The van der Waals surface area contributed by atoms with Crippen molar-refractivity contribution in [1.29, 1.82) is 0 Å². The Kier molecular flexibility index (Phi) is 46.1. The van der Waals surface area contributed by atoms with E-state index in [1.54, 1.807) is 13.8 Å². The summed E-state index contributed by atoms with van der Waals surface area (Å²) >= 11 is 5.67. The Morgan fingerprint density at radius 1 is 0.288 bits per heavy atom. The second kappa shape index (κ2) is 40.5. The molecule has 12 unspecified atom stereocenters. The fraction of sp³-hybridized carbons (Fsp3) is 1.00. The first-order chi connectivity index (χ1) is 32.3. The third-order valence-electron chi connectivity index (χ3n) is 9.60. The van der Waals surface area contributed by atoms with Crippen molar-refractivity contribution < 1.29 is 57.2 Å². The van der Waals surface area contributed by atoms with Crippen LogP contribution in [-0.4, -0.2) is 161 Å². The molecule has 0 rings (SSSR count). The van der Waals surface area contributed by atoms with Crippen molar-refractivity contribution in [3.05, 3.63) is 0 Å². The maximum atomic E-state index is 9.20. The molecule has 0 aliphatic carbocycles. The quantitative estimate of drug-likeness (QED) is 0.0278. The summed E-state index contributed by atoms with van der Waals surface area (Å²) in [5, 5.41) is 54.3. The van der Waals surface area contributed by atoms with Gasteiger partial charge in [-0.2, -0.15) is 11.1 Å². The lowest BCUT2D eigenvalue weighted by molar-refractivity contribution is 0.0429. The van der Waals surface area contributed by atoms with Crippen LogP contribution in [0.15, 0.2) is 0 Å². The Labute approximate surface area is 466 Å². The van der Waals surface area contributed by atoms with E-state index in [0.29, 0.717) is 50.7 Å². The van der Waals surface area contributed by atoms with Gasteiger partial charge >= 0.3 is 0 Å². The first-order valence-electron chi connectivity index (χ1n) is 28.2. The summed E-state index contributed by atoms with van der Waals surface area (Å²) in [5.74, 6) is 0. The van der Waals surface area contributed by atoms with Gasteiger partial charge in [-0.15, -0.1) is 0 Å². The minimum atomic E-state index is -1.57. The maximum absolute atomic E-state index is 9.20. The third-order valence-corrected chi connectivity index (χ3v) is 16.0. The molecule has 0 aromatic carbocycles. The Hall–Kier alpha value is 1.33. The van der Waals surface area contributed by atoms with E-state index in [1.807, 2.05) is 13.8 Å². The molecule has 0 aliphatic heterocycles.